The van der Waals surface area contributed by atoms with Crippen LogP contribution in [0.2, 0.25) is 0 Å². The van der Waals surface area contributed by atoms with Crippen LogP contribution in [0.25, 0.3) is 11.1 Å². The summed E-state index contributed by atoms with van der Waals surface area (Å²) < 4.78 is 12.7. The van der Waals surface area contributed by atoms with Crippen LogP contribution in [0.4, 0.5) is 9.39 Å². The fraction of sp³-hybridized carbons (Fsp3) is 0.0909. The van der Waals surface area contributed by atoms with E-state index < -0.39 is 0 Å². The van der Waals surface area contributed by atoms with Gasteiger partial charge in [-0.3, -0.25) is 0 Å². The van der Waals surface area contributed by atoms with Gasteiger partial charge in [-0.05, 0) is 36.2 Å². The third kappa shape index (κ3) is 1.63. The van der Waals surface area contributed by atoms with Crippen LogP contribution in [0.15, 0.2) is 30.3 Å². The number of aryl methyl sites for hydroxylation is 1. The van der Waals surface area contributed by atoms with Gasteiger partial charge in [-0.1, -0.05) is 12.1 Å². The van der Waals surface area contributed by atoms with Crippen LogP contribution in [0, 0.1) is 12.7 Å². The molecule has 0 saturated heterocycles. The molecular formula is C11H10FNS. The zero-order chi connectivity index (χ0) is 10.1. The van der Waals surface area contributed by atoms with Gasteiger partial charge in [-0.2, -0.15) is 0 Å². The molecule has 0 unspecified atom stereocenters. The van der Waals surface area contributed by atoms with Crippen LogP contribution in [-0.4, -0.2) is 0 Å². The van der Waals surface area contributed by atoms with E-state index in [1.54, 1.807) is 23.5 Å². The summed E-state index contributed by atoms with van der Waals surface area (Å²) in [6, 6.07) is 8.38. The molecule has 1 aromatic carbocycles. The van der Waals surface area contributed by atoms with Crippen LogP contribution >= 0.6 is 11.3 Å². The molecule has 1 aromatic heterocycles. The molecule has 0 aliphatic rings. The molecule has 1 nitrogen and oxygen atoms in total. The van der Waals surface area contributed by atoms with Crippen LogP contribution < -0.4 is 5.73 Å². The summed E-state index contributed by atoms with van der Waals surface area (Å²) >= 11 is 1.55. The topological polar surface area (TPSA) is 26.0 Å². The largest absolute Gasteiger partial charge is 0.391 e. The Morgan fingerprint density at radius 3 is 2.36 bits per heavy atom. The second kappa shape index (κ2) is 3.42. The molecule has 2 rings (SSSR count). The molecule has 72 valence electrons. The lowest BCUT2D eigenvalue weighted by Crippen LogP contribution is -1.78. The van der Waals surface area contributed by atoms with E-state index in [2.05, 4.69) is 0 Å². The first-order valence-electron chi connectivity index (χ1n) is 4.28. The number of nitrogens with two attached hydrogens (primary N) is 1. The molecule has 0 aliphatic heterocycles. The van der Waals surface area contributed by atoms with Crippen molar-refractivity contribution in [1.29, 1.82) is 0 Å². The minimum Gasteiger partial charge on any atom is -0.391 e. The van der Waals surface area contributed by atoms with E-state index in [0.29, 0.717) is 0 Å². The molecule has 0 spiro atoms. The number of thiophene rings is 1. The molecule has 1 heterocycles. The smallest absolute Gasteiger partial charge is 0.123 e. The molecule has 0 fully saturated rings. The summed E-state index contributed by atoms with van der Waals surface area (Å²) in [6.07, 6.45) is 0. The number of rotatable bonds is 1. The first-order chi connectivity index (χ1) is 6.66. The quantitative estimate of drug-likeness (QED) is 0.761. The number of nitrogen functional groups attached to an aromatic ring is 1. The third-order valence-corrected chi connectivity index (χ3v) is 2.97. The highest BCUT2D eigenvalue weighted by Crippen LogP contribution is 2.32. The van der Waals surface area contributed by atoms with Crippen LogP contribution in [0.3, 0.4) is 0 Å². The molecule has 3 heteroatoms. The van der Waals surface area contributed by atoms with Gasteiger partial charge in [0.25, 0.3) is 0 Å². The molecular weight excluding hydrogens is 197 g/mol. The second-order valence-corrected chi connectivity index (χ2v) is 4.41. The van der Waals surface area contributed by atoms with Crippen molar-refractivity contribution < 1.29 is 4.39 Å². The van der Waals surface area contributed by atoms with Crippen LogP contribution in [-0.2, 0) is 0 Å². The van der Waals surface area contributed by atoms with E-state index in [0.717, 1.165) is 21.0 Å². The van der Waals surface area contributed by atoms with E-state index in [9.17, 15) is 4.39 Å². The van der Waals surface area contributed by atoms with Gasteiger partial charge in [-0.15, -0.1) is 11.3 Å². The van der Waals surface area contributed by atoms with Crippen molar-refractivity contribution in [2.45, 2.75) is 6.92 Å². The second-order valence-electron chi connectivity index (χ2n) is 3.13. The zero-order valence-electron chi connectivity index (χ0n) is 7.75. The van der Waals surface area contributed by atoms with Crippen molar-refractivity contribution in [1.82, 2.24) is 0 Å². The molecule has 14 heavy (non-hydrogen) atoms. The minimum absolute atomic E-state index is 0.213. The average molecular weight is 207 g/mol. The van der Waals surface area contributed by atoms with Crippen molar-refractivity contribution in [2.24, 2.45) is 0 Å². The summed E-state index contributed by atoms with van der Waals surface area (Å²) in [5, 5.41) is 0.793. The van der Waals surface area contributed by atoms with Gasteiger partial charge >= 0.3 is 0 Å². The Hall–Kier alpha value is -1.35. The van der Waals surface area contributed by atoms with Gasteiger partial charge in [0.15, 0.2) is 0 Å². The fourth-order valence-electron chi connectivity index (χ4n) is 1.42. The van der Waals surface area contributed by atoms with Gasteiger partial charge in [-0.25, -0.2) is 4.39 Å². The van der Waals surface area contributed by atoms with Crippen molar-refractivity contribution >= 4 is 16.3 Å². The molecule has 0 aliphatic carbocycles. The maximum atomic E-state index is 12.7. The number of hydrogen-bond donors (Lipinski definition) is 1. The van der Waals surface area contributed by atoms with E-state index >= 15 is 0 Å². The zero-order valence-corrected chi connectivity index (χ0v) is 8.57. The predicted molar refractivity (Wildman–Crippen MR) is 58.9 cm³/mol. The lowest BCUT2D eigenvalue weighted by atomic mass is 10.1. The Kier molecular flexibility index (Phi) is 2.25. The van der Waals surface area contributed by atoms with Gasteiger partial charge in [0.1, 0.15) is 5.82 Å². The van der Waals surface area contributed by atoms with Crippen LogP contribution in [0.5, 0.6) is 0 Å². The summed E-state index contributed by atoms with van der Waals surface area (Å²) in [7, 11) is 0. The minimum atomic E-state index is -0.213. The van der Waals surface area contributed by atoms with E-state index in [4.69, 9.17) is 5.73 Å². The molecule has 0 saturated carbocycles. The maximum Gasteiger partial charge on any atom is 0.123 e. The molecule has 2 aromatic rings. The Balaban J connectivity index is 2.49. The van der Waals surface area contributed by atoms with Crippen LogP contribution in [0.1, 0.15) is 4.88 Å². The Bertz CT molecular complexity index is 445. The van der Waals surface area contributed by atoms with E-state index in [1.165, 1.54) is 12.1 Å². The standard InChI is InChI=1S/C11H10FNS/c1-7-10(6-11(13)14-7)8-2-4-9(12)5-3-8/h2-6H,13H2,1H3. The third-order valence-electron chi connectivity index (χ3n) is 2.09. The fourth-order valence-corrected chi connectivity index (χ4v) is 2.24. The van der Waals surface area contributed by atoms with Gasteiger partial charge in [0.2, 0.25) is 0 Å². The highest BCUT2D eigenvalue weighted by Gasteiger charge is 2.05. The van der Waals surface area contributed by atoms with Crippen molar-refractivity contribution in [3.8, 4) is 11.1 Å². The maximum absolute atomic E-state index is 12.7. The average Bonchev–Trinajstić information content (AvgIpc) is 2.47. The summed E-state index contributed by atoms with van der Waals surface area (Å²) in [6.45, 7) is 2.01. The SMILES string of the molecule is Cc1sc(N)cc1-c1ccc(F)cc1. The molecule has 0 bridgehead atoms. The highest BCUT2D eigenvalue weighted by atomic mass is 32.1. The lowest BCUT2D eigenvalue weighted by molar-refractivity contribution is 0.628. The Labute approximate surface area is 86.0 Å². The van der Waals surface area contributed by atoms with Crippen molar-refractivity contribution in [3.05, 3.63) is 41.0 Å². The van der Waals surface area contributed by atoms with Crippen molar-refractivity contribution in [3.63, 3.8) is 0 Å². The lowest BCUT2D eigenvalue weighted by Gasteiger charge is -1.98. The van der Waals surface area contributed by atoms with Gasteiger partial charge in [0, 0.05) is 4.88 Å². The first-order valence-corrected chi connectivity index (χ1v) is 5.10. The number of benzene rings is 1. The van der Waals surface area contributed by atoms with Crippen molar-refractivity contribution in [2.75, 3.05) is 5.73 Å². The van der Waals surface area contributed by atoms with E-state index in [1.807, 2.05) is 13.0 Å². The summed E-state index contributed by atoms with van der Waals surface area (Å²) in [4.78, 5) is 1.16. The number of halogens is 1. The normalized spacial score (nSPS) is 10.4. The predicted octanol–water partition coefficient (Wildman–Crippen LogP) is 3.44. The van der Waals surface area contributed by atoms with Gasteiger partial charge < -0.3 is 5.73 Å². The Morgan fingerprint density at radius 1 is 1.21 bits per heavy atom. The van der Waals surface area contributed by atoms with Gasteiger partial charge in [0.05, 0.1) is 5.00 Å². The molecule has 0 amide bonds. The number of anilines is 1. The Morgan fingerprint density at radius 2 is 1.86 bits per heavy atom. The molecule has 2 N–H and O–H groups in total. The molecule has 0 atom stereocenters. The van der Waals surface area contributed by atoms with E-state index in [-0.39, 0.29) is 5.82 Å². The first kappa shape index (κ1) is 9.21. The monoisotopic (exact) mass is 207 g/mol. The summed E-state index contributed by atoms with van der Waals surface area (Å²) in [5.41, 5.74) is 7.79. The number of hydrogen-bond acceptors (Lipinski definition) is 2. The summed E-state index contributed by atoms with van der Waals surface area (Å²) in [5.74, 6) is -0.213. The molecule has 0 radical (unpaired) electrons. The highest BCUT2D eigenvalue weighted by molar-refractivity contribution is 7.16.